The van der Waals surface area contributed by atoms with Gasteiger partial charge in [0.05, 0.1) is 5.52 Å². The molecule has 2 heterocycles. The molecule has 26 heavy (non-hydrogen) atoms. The monoisotopic (exact) mass is 349 g/mol. The van der Waals surface area contributed by atoms with Crippen LogP contribution in [0.1, 0.15) is 30.5 Å². The van der Waals surface area contributed by atoms with Crippen molar-refractivity contribution in [1.29, 1.82) is 0 Å². The van der Waals surface area contributed by atoms with Crippen LogP contribution in [0.15, 0.2) is 54.6 Å². The molecule has 4 rings (SSSR count). The first kappa shape index (κ1) is 18.2. The first-order valence-electron chi connectivity index (χ1n) is 9.20. The van der Waals surface area contributed by atoms with Crippen LogP contribution in [0.4, 0.5) is 11.4 Å². The lowest BCUT2D eigenvalue weighted by Gasteiger charge is -2.21. The van der Waals surface area contributed by atoms with Gasteiger partial charge in [0.15, 0.2) is 0 Å². The van der Waals surface area contributed by atoms with E-state index in [1.807, 2.05) is 18.2 Å². The summed E-state index contributed by atoms with van der Waals surface area (Å²) in [5.41, 5.74) is 11.6. The van der Waals surface area contributed by atoms with Crippen molar-refractivity contribution in [2.75, 3.05) is 30.3 Å². The van der Waals surface area contributed by atoms with Gasteiger partial charge in [-0.05, 0) is 50.1 Å². The van der Waals surface area contributed by atoms with Gasteiger partial charge in [-0.25, -0.2) is 0 Å². The molecule has 3 N–H and O–H groups in total. The number of aromatic nitrogens is 1. The maximum atomic E-state index is 7.57. The Balaban J connectivity index is 0.000000613. The van der Waals surface area contributed by atoms with Crippen molar-refractivity contribution in [2.24, 2.45) is 0 Å². The number of hydrogen-bond acceptors (Lipinski definition) is 4. The highest BCUT2D eigenvalue weighted by molar-refractivity contribution is 5.94. The number of fused-ring (bicyclic) bond motifs is 1. The van der Waals surface area contributed by atoms with E-state index in [-0.39, 0.29) is 6.61 Å². The van der Waals surface area contributed by atoms with Crippen LogP contribution in [0.5, 0.6) is 0 Å². The van der Waals surface area contributed by atoms with Gasteiger partial charge in [-0.3, -0.25) is 4.98 Å². The van der Waals surface area contributed by atoms with Crippen LogP contribution in [-0.2, 0) is 0 Å². The number of rotatable bonds is 2. The van der Waals surface area contributed by atoms with Crippen LogP contribution >= 0.6 is 0 Å². The minimum atomic E-state index is 0.250. The summed E-state index contributed by atoms with van der Waals surface area (Å²) in [6, 6.07) is 19.0. The van der Waals surface area contributed by atoms with Crippen LogP contribution in [0.25, 0.3) is 10.9 Å². The normalized spacial score (nSPS) is 16.4. The van der Waals surface area contributed by atoms with Gasteiger partial charge in [0.2, 0.25) is 0 Å². The Morgan fingerprint density at radius 3 is 2.62 bits per heavy atom. The van der Waals surface area contributed by atoms with Crippen LogP contribution in [0, 0.1) is 6.92 Å². The molecule has 0 bridgehead atoms. The smallest absolute Gasteiger partial charge is 0.0727 e. The molecular weight excluding hydrogens is 322 g/mol. The van der Waals surface area contributed by atoms with E-state index < -0.39 is 0 Å². The number of aryl methyl sites for hydroxylation is 1. The Morgan fingerprint density at radius 2 is 1.88 bits per heavy atom. The number of nitrogens with two attached hydrogens (primary N) is 1. The number of benzene rings is 2. The van der Waals surface area contributed by atoms with E-state index >= 15 is 0 Å². The van der Waals surface area contributed by atoms with Crippen molar-refractivity contribution >= 4 is 22.3 Å². The van der Waals surface area contributed by atoms with E-state index in [4.69, 9.17) is 10.8 Å². The van der Waals surface area contributed by atoms with Crippen molar-refractivity contribution in [2.45, 2.75) is 26.2 Å². The van der Waals surface area contributed by atoms with Crippen LogP contribution in [0.3, 0.4) is 0 Å². The molecule has 1 aliphatic rings. The summed E-state index contributed by atoms with van der Waals surface area (Å²) in [6.07, 6.45) is 1.19. The standard InChI is InChI=1S/C20H21N3.C2H6O/c1-14-11-20(18-12-17(21)7-8-19(18)22-14)23-10-9-16(13-23)15-5-3-2-4-6-15;1-2-3/h2-8,11-12,16H,9-10,13,21H2,1H3;3H,2H2,1H3. The van der Waals surface area contributed by atoms with E-state index in [2.05, 4.69) is 53.2 Å². The van der Waals surface area contributed by atoms with Gasteiger partial charge in [-0.15, -0.1) is 0 Å². The summed E-state index contributed by atoms with van der Waals surface area (Å²) in [6.45, 7) is 6.12. The van der Waals surface area contributed by atoms with E-state index in [1.165, 1.54) is 17.7 Å². The molecule has 4 nitrogen and oxygen atoms in total. The average molecular weight is 349 g/mol. The quantitative estimate of drug-likeness (QED) is 0.683. The van der Waals surface area contributed by atoms with Gasteiger partial charge in [-0.2, -0.15) is 0 Å². The van der Waals surface area contributed by atoms with Crippen molar-refractivity contribution in [3.8, 4) is 0 Å². The number of pyridine rings is 1. The van der Waals surface area contributed by atoms with Crippen molar-refractivity contribution in [1.82, 2.24) is 4.98 Å². The highest BCUT2D eigenvalue weighted by Crippen LogP contribution is 2.35. The molecule has 1 atom stereocenters. The van der Waals surface area contributed by atoms with Gasteiger partial charge < -0.3 is 15.7 Å². The molecule has 1 fully saturated rings. The van der Waals surface area contributed by atoms with Gasteiger partial charge in [0, 0.05) is 48.1 Å². The van der Waals surface area contributed by atoms with Crippen LogP contribution in [-0.4, -0.2) is 29.8 Å². The van der Waals surface area contributed by atoms with Gasteiger partial charge in [0.1, 0.15) is 0 Å². The fourth-order valence-corrected chi connectivity index (χ4v) is 3.59. The molecule has 0 saturated carbocycles. The second-order valence-corrected chi connectivity index (χ2v) is 6.72. The average Bonchev–Trinajstić information content (AvgIpc) is 3.13. The first-order chi connectivity index (χ1) is 12.6. The summed E-state index contributed by atoms with van der Waals surface area (Å²) in [7, 11) is 0. The molecule has 0 amide bonds. The molecule has 1 saturated heterocycles. The number of hydrogen-bond donors (Lipinski definition) is 2. The lowest BCUT2D eigenvalue weighted by atomic mass is 9.99. The minimum absolute atomic E-state index is 0.250. The second kappa shape index (κ2) is 8.19. The third-order valence-electron chi connectivity index (χ3n) is 4.74. The Morgan fingerprint density at radius 1 is 1.15 bits per heavy atom. The molecule has 4 heteroatoms. The molecule has 1 aromatic heterocycles. The zero-order chi connectivity index (χ0) is 18.5. The van der Waals surface area contributed by atoms with Crippen molar-refractivity contribution < 1.29 is 5.11 Å². The fraction of sp³-hybridized carbons (Fsp3) is 0.318. The molecule has 0 aliphatic carbocycles. The number of anilines is 2. The first-order valence-corrected chi connectivity index (χ1v) is 9.20. The third kappa shape index (κ3) is 3.97. The summed E-state index contributed by atoms with van der Waals surface area (Å²) in [5.74, 6) is 0.598. The Bertz CT molecular complexity index is 864. The van der Waals surface area contributed by atoms with Crippen molar-refractivity contribution in [3.63, 3.8) is 0 Å². The predicted molar refractivity (Wildman–Crippen MR) is 110 cm³/mol. The SMILES string of the molecule is CCO.Cc1cc(N2CCC(c3ccccc3)C2)c2cc(N)ccc2n1. The van der Waals surface area contributed by atoms with Crippen LogP contribution in [0.2, 0.25) is 0 Å². The lowest BCUT2D eigenvalue weighted by molar-refractivity contribution is 0.318. The number of nitrogen functional groups attached to an aromatic ring is 1. The maximum Gasteiger partial charge on any atom is 0.0727 e. The van der Waals surface area contributed by atoms with E-state index in [1.54, 1.807) is 6.92 Å². The highest BCUT2D eigenvalue weighted by Gasteiger charge is 2.25. The fourth-order valence-electron chi connectivity index (χ4n) is 3.59. The Kier molecular flexibility index (Phi) is 5.74. The number of aliphatic hydroxyl groups is 1. The topological polar surface area (TPSA) is 62.4 Å². The molecule has 1 aliphatic heterocycles. The van der Waals surface area contributed by atoms with Crippen LogP contribution < -0.4 is 10.6 Å². The van der Waals surface area contributed by atoms with Gasteiger partial charge in [0.25, 0.3) is 0 Å². The molecular formula is C22H27N3O. The van der Waals surface area contributed by atoms with Crippen molar-refractivity contribution in [3.05, 3.63) is 65.9 Å². The molecule has 2 aromatic carbocycles. The molecule has 3 aromatic rings. The third-order valence-corrected chi connectivity index (χ3v) is 4.74. The summed E-state index contributed by atoms with van der Waals surface area (Å²) < 4.78 is 0. The zero-order valence-electron chi connectivity index (χ0n) is 15.5. The number of nitrogens with zero attached hydrogens (tertiary/aromatic N) is 2. The zero-order valence-corrected chi connectivity index (χ0v) is 15.5. The predicted octanol–water partition coefficient (Wildman–Crippen LogP) is 4.12. The second-order valence-electron chi connectivity index (χ2n) is 6.72. The summed E-state index contributed by atoms with van der Waals surface area (Å²) >= 11 is 0. The van der Waals surface area contributed by atoms with E-state index in [0.717, 1.165) is 35.4 Å². The molecule has 1 unspecified atom stereocenters. The van der Waals surface area contributed by atoms with Gasteiger partial charge >= 0.3 is 0 Å². The Hall–Kier alpha value is -2.59. The van der Waals surface area contributed by atoms with Gasteiger partial charge in [-0.1, -0.05) is 30.3 Å². The Labute approximate surface area is 155 Å². The molecule has 136 valence electrons. The summed E-state index contributed by atoms with van der Waals surface area (Å²) in [5, 5.41) is 8.73. The highest BCUT2D eigenvalue weighted by atomic mass is 16.2. The molecule has 0 spiro atoms. The lowest BCUT2D eigenvalue weighted by Crippen LogP contribution is -2.20. The largest absolute Gasteiger partial charge is 0.399 e. The number of aliphatic hydroxyl groups excluding tert-OH is 1. The van der Waals surface area contributed by atoms with E-state index in [0.29, 0.717) is 5.92 Å². The molecule has 0 radical (unpaired) electrons. The maximum absolute atomic E-state index is 7.57. The minimum Gasteiger partial charge on any atom is -0.399 e. The van der Waals surface area contributed by atoms with E-state index in [9.17, 15) is 0 Å². The summed E-state index contributed by atoms with van der Waals surface area (Å²) in [4.78, 5) is 7.12.